The molecule has 0 radical (unpaired) electrons. The quantitative estimate of drug-likeness (QED) is 0.321. The molecule has 0 saturated carbocycles. The average molecular weight is 367 g/mol. The molecule has 0 unspecified atom stereocenters. The minimum atomic E-state index is -3.81. The molecule has 1 aromatic rings. The number of esters is 1. The zero-order valence-corrected chi connectivity index (χ0v) is 13.9. The fraction of sp³-hybridized carbons (Fsp3) is 0.417. The molecule has 1 aromatic carbocycles. The second-order valence-electron chi connectivity index (χ2n) is 4.29. The van der Waals surface area contributed by atoms with Crippen LogP contribution in [-0.2, 0) is 14.8 Å². The number of carbonyl (C=O) groups is 1. The summed E-state index contributed by atoms with van der Waals surface area (Å²) in [6.45, 7) is 0. The number of ether oxygens (including phenoxy) is 2. The van der Waals surface area contributed by atoms with Gasteiger partial charge in [-0.15, -0.1) is 11.6 Å². The molecule has 0 aliphatic carbocycles. The highest BCUT2D eigenvalue weighted by Crippen LogP contribution is 2.37. The number of nitro benzene ring substituents is 1. The van der Waals surface area contributed by atoms with Gasteiger partial charge in [-0.2, -0.15) is 0 Å². The molecular formula is C12H15ClN2O7S. The van der Waals surface area contributed by atoms with E-state index in [4.69, 9.17) is 16.3 Å². The van der Waals surface area contributed by atoms with E-state index in [0.717, 1.165) is 26.4 Å². The van der Waals surface area contributed by atoms with Crippen LogP contribution in [0.2, 0.25) is 0 Å². The van der Waals surface area contributed by atoms with Crippen LogP contribution < -0.4 is 9.46 Å². The first-order chi connectivity index (χ1) is 10.8. The lowest BCUT2D eigenvalue weighted by molar-refractivity contribution is -0.385. The van der Waals surface area contributed by atoms with Crippen molar-refractivity contribution >= 4 is 39.0 Å². The number of nitrogens with zero attached hydrogens (tertiary/aromatic N) is 1. The third-order valence-corrected chi connectivity index (χ3v) is 4.33. The van der Waals surface area contributed by atoms with Gasteiger partial charge in [0.05, 0.1) is 36.1 Å². The summed E-state index contributed by atoms with van der Waals surface area (Å²) < 4.78 is 35.5. The molecule has 0 spiro atoms. The van der Waals surface area contributed by atoms with Crippen LogP contribution in [0.5, 0.6) is 5.75 Å². The minimum Gasteiger partial charge on any atom is -0.489 e. The summed E-state index contributed by atoms with van der Waals surface area (Å²) in [5.41, 5.74) is -0.975. The van der Waals surface area contributed by atoms with Crippen LogP contribution in [0.1, 0.15) is 16.8 Å². The molecule has 1 rings (SSSR count). The summed E-state index contributed by atoms with van der Waals surface area (Å²) in [6.07, 6.45) is 0.192. The van der Waals surface area contributed by atoms with Crippen LogP contribution in [0.25, 0.3) is 0 Å². The van der Waals surface area contributed by atoms with E-state index < -0.39 is 26.6 Å². The van der Waals surface area contributed by atoms with Crippen molar-refractivity contribution in [2.24, 2.45) is 0 Å². The van der Waals surface area contributed by atoms with E-state index in [2.05, 4.69) is 9.46 Å². The van der Waals surface area contributed by atoms with Gasteiger partial charge in [0.25, 0.3) is 0 Å². The van der Waals surface area contributed by atoms with Gasteiger partial charge in [-0.25, -0.2) is 13.2 Å². The Balaban J connectivity index is 3.41. The van der Waals surface area contributed by atoms with Crippen molar-refractivity contribution in [2.75, 3.05) is 30.6 Å². The van der Waals surface area contributed by atoms with Crippen LogP contribution in [0, 0.1) is 10.1 Å². The molecule has 0 atom stereocenters. The highest BCUT2D eigenvalue weighted by molar-refractivity contribution is 7.92. The van der Waals surface area contributed by atoms with Gasteiger partial charge in [-0.05, 0) is 12.5 Å². The van der Waals surface area contributed by atoms with Crippen LogP contribution in [-0.4, -0.2) is 45.2 Å². The zero-order valence-electron chi connectivity index (χ0n) is 12.4. The first-order valence-corrected chi connectivity index (χ1v) is 8.45. The van der Waals surface area contributed by atoms with Crippen molar-refractivity contribution in [3.63, 3.8) is 0 Å². The molecule has 0 aromatic heterocycles. The Hall–Kier alpha value is -2.07. The number of alkyl halides is 1. The molecule has 0 heterocycles. The van der Waals surface area contributed by atoms with Gasteiger partial charge >= 0.3 is 11.7 Å². The molecule has 1 N–H and O–H groups in total. The number of hydrogen-bond acceptors (Lipinski definition) is 7. The molecule has 128 valence electrons. The van der Waals surface area contributed by atoms with E-state index in [9.17, 15) is 23.3 Å². The number of rotatable bonds is 8. The van der Waals surface area contributed by atoms with Gasteiger partial charge in [0.2, 0.25) is 15.8 Å². The topological polar surface area (TPSA) is 125 Å². The average Bonchev–Trinajstić information content (AvgIpc) is 2.50. The summed E-state index contributed by atoms with van der Waals surface area (Å²) in [5, 5.41) is 11.1. The third kappa shape index (κ3) is 4.96. The first-order valence-electron chi connectivity index (χ1n) is 6.27. The standard InChI is InChI=1S/C12H15ClN2O7S/c1-21-11-9(14-23(19,20)5-3-4-13)6-8(12(16)22-2)7-10(11)15(17)18/h6-7,14H,3-5H2,1-2H3. The summed E-state index contributed by atoms with van der Waals surface area (Å²) >= 11 is 5.45. The van der Waals surface area contributed by atoms with Gasteiger partial charge in [-0.3, -0.25) is 14.8 Å². The summed E-state index contributed by atoms with van der Waals surface area (Å²) in [6, 6.07) is 2.05. The number of anilines is 1. The monoisotopic (exact) mass is 366 g/mol. The van der Waals surface area contributed by atoms with Crippen molar-refractivity contribution in [1.29, 1.82) is 0 Å². The van der Waals surface area contributed by atoms with Crippen LogP contribution in [0.4, 0.5) is 11.4 Å². The van der Waals surface area contributed by atoms with Gasteiger partial charge in [0, 0.05) is 11.9 Å². The van der Waals surface area contributed by atoms with Crippen LogP contribution in [0.3, 0.4) is 0 Å². The van der Waals surface area contributed by atoms with E-state index in [1.165, 1.54) is 0 Å². The number of carbonyl (C=O) groups excluding carboxylic acids is 1. The van der Waals surface area contributed by atoms with Crippen LogP contribution >= 0.6 is 11.6 Å². The van der Waals surface area contributed by atoms with E-state index >= 15 is 0 Å². The Morgan fingerprint density at radius 1 is 1.39 bits per heavy atom. The fourth-order valence-electron chi connectivity index (χ4n) is 1.74. The molecular weight excluding hydrogens is 352 g/mol. The second kappa shape index (κ2) is 7.97. The maximum Gasteiger partial charge on any atom is 0.338 e. The molecule has 0 bridgehead atoms. The first kappa shape index (κ1) is 19.0. The maximum absolute atomic E-state index is 11.9. The van der Waals surface area contributed by atoms with Crippen LogP contribution in [0.15, 0.2) is 12.1 Å². The Morgan fingerprint density at radius 2 is 2.04 bits per heavy atom. The fourth-order valence-corrected chi connectivity index (χ4v) is 3.14. The third-order valence-electron chi connectivity index (χ3n) is 2.70. The number of sulfonamides is 1. The number of halogens is 1. The second-order valence-corrected chi connectivity index (χ2v) is 6.51. The predicted octanol–water partition coefficient (Wildman–Crippen LogP) is 1.76. The number of nitro groups is 1. The molecule has 0 saturated heterocycles. The highest BCUT2D eigenvalue weighted by atomic mass is 35.5. The number of hydrogen-bond donors (Lipinski definition) is 1. The van der Waals surface area contributed by atoms with Crippen molar-refractivity contribution in [2.45, 2.75) is 6.42 Å². The Morgan fingerprint density at radius 3 is 2.52 bits per heavy atom. The molecule has 23 heavy (non-hydrogen) atoms. The molecule has 9 nitrogen and oxygen atoms in total. The largest absolute Gasteiger partial charge is 0.489 e. The predicted molar refractivity (Wildman–Crippen MR) is 83.7 cm³/mol. The Labute approximate surface area is 137 Å². The Kier molecular flexibility index (Phi) is 6.58. The highest BCUT2D eigenvalue weighted by Gasteiger charge is 2.25. The van der Waals surface area contributed by atoms with E-state index in [1.54, 1.807) is 0 Å². The number of nitrogens with one attached hydrogen (secondary N) is 1. The molecule has 0 aliphatic rings. The van der Waals surface area contributed by atoms with Crippen molar-refractivity contribution < 1.29 is 27.6 Å². The van der Waals surface area contributed by atoms with Gasteiger partial charge < -0.3 is 9.47 Å². The van der Waals surface area contributed by atoms with Crippen molar-refractivity contribution in [3.05, 3.63) is 27.8 Å². The zero-order chi connectivity index (χ0) is 17.6. The lowest BCUT2D eigenvalue weighted by Crippen LogP contribution is -2.18. The SMILES string of the molecule is COC(=O)c1cc(NS(=O)(=O)CCCCl)c(OC)c([N+](=O)[O-])c1. The lowest BCUT2D eigenvalue weighted by Gasteiger charge is -2.13. The van der Waals surface area contributed by atoms with Gasteiger partial charge in [0.1, 0.15) is 0 Å². The molecule has 11 heteroatoms. The summed E-state index contributed by atoms with van der Waals surface area (Å²) in [4.78, 5) is 21.9. The molecule has 0 aliphatic heterocycles. The Bertz CT molecular complexity index is 706. The molecule has 0 amide bonds. The van der Waals surface area contributed by atoms with E-state index in [-0.39, 0.29) is 35.1 Å². The van der Waals surface area contributed by atoms with Gasteiger partial charge in [-0.1, -0.05) is 0 Å². The summed E-state index contributed by atoms with van der Waals surface area (Å²) in [7, 11) is -1.56. The maximum atomic E-state index is 11.9. The molecule has 0 fully saturated rings. The minimum absolute atomic E-state index is 0.139. The van der Waals surface area contributed by atoms with Gasteiger partial charge in [0.15, 0.2) is 0 Å². The number of methoxy groups -OCH3 is 2. The van der Waals surface area contributed by atoms with E-state index in [0.29, 0.717) is 0 Å². The van der Waals surface area contributed by atoms with Crippen molar-refractivity contribution in [1.82, 2.24) is 0 Å². The normalized spacial score (nSPS) is 10.9. The number of benzene rings is 1. The smallest absolute Gasteiger partial charge is 0.338 e. The van der Waals surface area contributed by atoms with E-state index in [1.807, 2.05) is 0 Å². The lowest BCUT2D eigenvalue weighted by atomic mass is 10.1. The van der Waals surface area contributed by atoms with Crippen molar-refractivity contribution in [3.8, 4) is 5.75 Å². The summed E-state index contributed by atoms with van der Waals surface area (Å²) in [5.74, 6) is -1.30.